The molecule has 1 fully saturated rings. The van der Waals surface area contributed by atoms with Crippen molar-refractivity contribution in [2.24, 2.45) is 5.92 Å². The number of nitrogens with zero attached hydrogens (tertiary/aromatic N) is 1. The summed E-state index contributed by atoms with van der Waals surface area (Å²) in [6.07, 6.45) is 2.80. The van der Waals surface area contributed by atoms with Gasteiger partial charge in [0, 0.05) is 36.7 Å². The molecule has 0 radical (unpaired) electrons. The van der Waals surface area contributed by atoms with E-state index < -0.39 is 17.4 Å². The molecule has 0 spiro atoms. The highest BCUT2D eigenvalue weighted by Gasteiger charge is 2.33. The quantitative estimate of drug-likeness (QED) is 0.670. The normalized spacial score (nSPS) is 15.9. The molecule has 0 heterocycles. The van der Waals surface area contributed by atoms with Crippen molar-refractivity contribution in [1.29, 1.82) is 0 Å². The first kappa shape index (κ1) is 21.2. The average Bonchev–Trinajstić information content (AvgIpc) is 3.50. The number of aromatic hydroxyl groups is 1. The number of amides is 1. The first-order valence-electron chi connectivity index (χ1n) is 10.00. The molecule has 1 saturated carbocycles. The molecule has 0 unspecified atom stereocenters. The van der Waals surface area contributed by atoms with Gasteiger partial charge >= 0.3 is 0 Å². The predicted molar refractivity (Wildman–Crippen MR) is 109 cm³/mol. The third-order valence-electron chi connectivity index (χ3n) is 5.65. The van der Waals surface area contributed by atoms with Gasteiger partial charge in [-0.2, -0.15) is 0 Å². The molecule has 4 nitrogen and oxygen atoms in total. The molecule has 29 heavy (non-hydrogen) atoms. The Balaban J connectivity index is 1.61. The minimum atomic E-state index is -0.779. The molecule has 0 aromatic heterocycles. The van der Waals surface area contributed by atoms with Crippen LogP contribution in [0.4, 0.5) is 8.78 Å². The van der Waals surface area contributed by atoms with Crippen LogP contribution in [0.25, 0.3) is 0 Å². The minimum absolute atomic E-state index is 0.0516. The maximum atomic E-state index is 14.1. The van der Waals surface area contributed by atoms with Crippen molar-refractivity contribution in [3.8, 4) is 5.75 Å². The number of carbonyl (C=O) groups is 1. The molecule has 6 heteroatoms. The number of likely N-dealkylation sites (N-methyl/N-ethyl adjacent to an activating group) is 1. The maximum Gasteiger partial charge on any atom is 0.220 e. The molecular formula is C23H28F2N2O2. The van der Waals surface area contributed by atoms with Crippen LogP contribution in [0.3, 0.4) is 0 Å². The summed E-state index contributed by atoms with van der Waals surface area (Å²) in [5.41, 5.74) is 1.10. The lowest BCUT2D eigenvalue weighted by Crippen LogP contribution is -2.42. The second-order valence-electron chi connectivity index (χ2n) is 8.07. The zero-order chi connectivity index (χ0) is 21.0. The Morgan fingerprint density at radius 1 is 1.17 bits per heavy atom. The fraction of sp³-hybridized carbons (Fsp3) is 0.435. The van der Waals surface area contributed by atoms with Gasteiger partial charge in [0.2, 0.25) is 5.91 Å². The number of benzene rings is 2. The van der Waals surface area contributed by atoms with Gasteiger partial charge in [-0.25, -0.2) is 8.78 Å². The van der Waals surface area contributed by atoms with E-state index in [4.69, 9.17) is 0 Å². The van der Waals surface area contributed by atoms with Crippen LogP contribution in [0.5, 0.6) is 5.75 Å². The predicted octanol–water partition coefficient (Wildman–Crippen LogP) is 3.84. The van der Waals surface area contributed by atoms with Gasteiger partial charge in [-0.05, 0) is 50.8 Å². The van der Waals surface area contributed by atoms with E-state index >= 15 is 0 Å². The molecule has 1 aliphatic carbocycles. The summed E-state index contributed by atoms with van der Waals surface area (Å²) in [4.78, 5) is 14.4. The van der Waals surface area contributed by atoms with Crippen LogP contribution < -0.4 is 5.32 Å². The van der Waals surface area contributed by atoms with E-state index in [1.165, 1.54) is 5.56 Å². The lowest BCUT2D eigenvalue weighted by molar-refractivity contribution is -0.121. The third kappa shape index (κ3) is 5.76. The highest BCUT2D eigenvalue weighted by atomic mass is 19.1. The van der Waals surface area contributed by atoms with Gasteiger partial charge in [-0.1, -0.05) is 30.3 Å². The number of phenols is 1. The Morgan fingerprint density at radius 2 is 1.79 bits per heavy atom. The largest absolute Gasteiger partial charge is 0.508 e. The summed E-state index contributed by atoms with van der Waals surface area (Å²) in [6, 6.07) is 11.6. The molecule has 3 rings (SSSR count). The molecule has 0 aliphatic heterocycles. The number of carbonyl (C=O) groups excluding carboxylic acids is 1. The van der Waals surface area contributed by atoms with Gasteiger partial charge in [-0.15, -0.1) is 0 Å². The summed E-state index contributed by atoms with van der Waals surface area (Å²) in [5, 5.41) is 12.3. The molecule has 1 amide bonds. The van der Waals surface area contributed by atoms with Gasteiger partial charge in [0.25, 0.3) is 0 Å². The number of halogens is 2. The molecule has 2 aromatic carbocycles. The Hall–Kier alpha value is -2.47. The van der Waals surface area contributed by atoms with E-state index in [2.05, 4.69) is 17.4 Å². The standard InChI is InChI=1S/C23H28F2N2O2/c1-27(2)17(10-20-21(24)11-18(28)12-22(20)25)14-26-23(29)13-19(16-8-9-16)15-6-4-3-5-7-15/h3-7,11-12,16-17,19,28H,8-10,13-14H2,1-2H3,(H,26,29)/t17-,19+/m0/s1. The van der Waals surface area contributed by atoms with Crippen LogP contribution in [-0.4, -0.2) is 42.6 Å². The fourth-order valence-corrected chi connectivity index (χ4v) is 3.72. The topological polar surface area (TPSA) is 52.6 Å². The maximum absolute atomic E-state index is 14.1. The van der Waals surface area contributed by atoms with E-state index in [0.717, 1.165) is 25.0 Å². The van der Waals surface area contributed by atoms with Crippen LogP contribution in [-0.2, 0) is 11.2 Å². The van der Waals surface area contributed by atoms with Crippen molar-refractivity contribution in [2.45, 2.75) is 37.6 Å². The molecular weight excluding hydrogens is 374 g/mol. The van der Waals surface area contributed by atoms with Crippen LogP contribution in [0, 0.1) is 17.6 Å². The Kier molecular flexibility index (Phi) is 6.85. The van der Waals surface area contributed by atoms with E-state index in [0.29, 0.717) is 12.3 Å². The summed E-state index contributed by atoms with van der Waals surface area (Å²) >= 11 is 0. The van der Waals surface area contributed by atoms with Gasteiger partial charge in [-0.3, -0.25) is 4.79 Å². The minimum Gasteiger partial charge on any atom is -0.508 e. The van der Waals surface area contributed by atoms with Crippen molar-refractivity contribution in [3.05, 3.63) is 65.2 Å². The van der Waals surface area contributed by atoms with Crippen molar-refractivity contribution < 1.29 is 18.7 Å². The Bertz CT molecular complexity index is 815. The second kappa shape index (κ2) is 9.35. The number of hydrogen-bond acceptors (Lipinski definition) is 3. The SMILES string of the molecule is CN(C)[C@H](CNC(=O)C[C@H](c1ccccc1)C1CC1)Cc1c(F)cc(O)cc1F. The zero-order valence-electron chi connectivity index (χ0n) is 16.9. The fourth-order valence-electron chi connectivity index (χ4n) is 3.72. The number of rotatable bonds is 9. The molecule has 2 N–H and O–H groups in total. The Morgan fingerprint density at radius 3 is 2.34 bits per heavy atom. The van der Waals surface area contributed by atoms with E-state index in [9.17, 15) is 18.7 Å². The van der Waals surface area contributed by atoms with Gasteiger partial charge < -0.3 is 15.3 Å². The molecule has 2 atom stereocenters. The van der Waals surface area contributed by atoms with Crippen molar-refractivity contribution in [3.63, 3.8) is 0 Å². The van der Waals surface area contributed by atoms with Gasteiger partial charge in [0.05, 0.1) is 0 Å². The highest BCUT2D eigenvalue weighted by molar-refractivity contribution is 5.77. The van der Waals surface area contributed by atoms with Crippen molar-refractivity contribution >= 4 is 5.91 Å². The van der Waals surface area contributed by atoms with Gasteiger partial charge in [0.1, 0.15) is 17.4 Å². The number of hydrogen-bond donors (Lipinski definition) is 2. The van der Waals surface area contributed by atoms with E-state index in [1.807, 2.05) is 37.2 Å². The summed E-state index contributed by atoms with van der Waals surface area (Å²) in [5.74, 6) is -1.29. The van der Waals surface area contributed by atoms with Crippen LogP contribution in [0.15, 0.2) is 42.5 Å². The zero-order valence-corrected chi connectivity index (χ0v) is 16.9. The summed E-state index contributed by atoms with van der Waals surface area (Å²) in [7, 11) is 3.62. The third-order valence-corrected chi connectivity index (χ3v) is 5.65. The van der Waals surface area contributed by atoms with E-state index in [-0.39, 0.29) is 36.4 Å². The lowest BCUT2D eigenvalue weighted by atomic mass is 9.90. The van der Waals surface area contributed by atoms with Crippen molar-refractivity contribution in [2.75, 3.05) is 20.6 Å². The second-order valence-corrected chi connectivity index (χ2v) is 8.07. The first-order valence-corrected chi connectivity index (χ1v) is 10.00. The molecule has 2 aromatic rings. The monoisotopic (exact) mass is 402 g/mol. The summed E-state index contributed by atoms with van der Waals surface area (Å²) in [6.45, 7) is 0.289. The number of phenolic OH excluding ortho intramolecular Hbond substituents is 1. The van der Waals surface area contributed by atoms with Crippen LogP contribution in [0.1, 0.15) is 36.3 Å². The van der Waals surface area contributed by atoms with Crippen LogP contribution >= 0.6 is 0 Å². The van der Waals surface area contributed by atoms with Crippen LogP contribution in [0.2, 0.25) is 0 Å². The Labute approximate surface area is 170 Å². The van der Waals surface area contributed by atoms with Crippen molar-refractivity contribution in [1.82, 2.24) is 10.2 Å². The van der Waals surface area contributed by atoms with Gasteiger partial charge in [0.15, 0.2) is 0 Å². The smallest absolute Gasteiger partial charge is 0.220 e. The molecule has 156 valence electrons. The average molecular weight is 402 g/mol. The number of nitrogens with one attached hydrogen (secondary N) is 1. The summed E-state index contributed by atoms with van der Waals surface area (Å²) < 4.78 is 28.2. The first-order chi connectivity index (χ1) is 13.8. The highest BCUT2D eigenvalue weighted by Crippen LogP contribution is 2.44. The molecule has 0 bridgehead atoms. The lowest BCUT2D eigenvalue weighted by Gasteiger charge is -2.26. The molecule has 1 aliphatic rings. The van der Waals surface area contributed by atoms with E-state index in [1.54, 1.807) is 0 Å². The molecule has 0 saturated heterocycles.